The van der Waals surface area contributed by atoms with Gasteiger partial charge in [0.2, 0.25) is 0 Å². The fraction of sp³-hybridized carbons (Fsp3) is 0.333. The van der Waals surface area contributed by atoms with E-state index in [4.69, 9.17) is 18.9 Å². The summed E-state index contributed by atoms with van der Waals surface area (Å²) in [5, 5.41) is 0. The van der Waals surface area contributed by atoms with Crippen LogP contribution in [0.25, 0.3) is 0 Å². The van der Waals surface area contributed by atoms with Crippen molar-refractivity contribution in [2.45, 2.75) is 23.6 Å². The fourth-order valence-corrected chi connectivity index (χ4v) is 3.76. The van der Waals surface area contributed by atoms with Crippen LogP contribution in [-0.2, 0) is 0 Å². The highest BCUT2D eigenvalue weighted by Crippen LogP contribution is 2.42. The summed E-state index contributed by atoms with van der Waals surface area (Å²) in [6, 6.07) is 11.6. The number of benzene rings is 2. The molecule has 0 aliphatic carbocycles. The van der Waals surface area contributed by atoms with Crippen LogP contribution in [0.5, 0.6) is 23.0 Å². The van der Waals surface area contributed by atoms with Gasteiger partial charge in [-0.2, -0.15) is 0 Å². The van der Waals surface area contributed by atoms with Gasteiger partial charge in [-0.1, -0.05) is 35.4 Å². The summed E-state index contributed by atoms with van der Waals surface area (Å²) in [5.74, 6) is 3.08. The van der Waals surface area contributed by atoms with Crippen molar-refractivity contribution in [2.24, 2.45) is 0 Å². The van der Waals surface area contributed by atoms with Gasteiger partial charge in [0.25, 0.3) is 0 Å². The van der Waals surface area contributed by atoms with Crippen molar-refractivity contribution in [3.05, 3.63) is 36.4 Å². The van der Waals surface area contributed by atoms with E-state index in [-0.39, 0.29) is 0 Å². The molecule has 0 N–H and O–H groups in total. The topological polar surface area (TPSA) is 36.9 Å². The Morgan fingerprint density at radius 2 is 0.750 bits per heavy atom. The number of ether oxygens (including phenoxy) is 4. The third-order valence-electron chi connectivity index (χ3n) is 2.88. The largest absolute Gasteiger partial charge is 0.497 e. The molecule has 0 bridgehead atoms. The third-order valence-corrected chi connectivity index (χ3v) is 5.23. The van der Waals surface area contributed by atoms with Gasteiger partial charge < -0.3 is 18.9 Å². The van der Waals surface area contributed by atoms with E-state index >= 15 is 0 Å². The van der Waals surface area contributed by atoms with E-state index in [0.29, 0.717) is 0 Å². The van der Waals surface area contributed by atoms with Crippen LogP contribution in [0.3, 0.4) is 0 Å². The standard InChI is InChI=1S/C16H18O4S2.C2H6/c1-17-11-5-12(18-2)8-15(7-11)21-22-16-9-13(19-3)6-14(10-16)20-4;1-2/h5-10H,1-4H3;1-2H3. The highest BCUT2D eigenvalue weighted by atomic mass is 33.1. The summed E-state index contributed by atoms with van der Waals surface area (Å²) in [7, 11) is 9.80. The Balaban J connectivity index is 0.00000139. The molecule has 0 saturated carbocycles. The van der Waals surface area contributed by atoms with E-state index < -0.39 is 0 Å². The van der Waals surface area contributed by atoms with Crippen LogP contribution >= 0.6 is 21.6 Å². The molecule has 0 aliphatic rings. The smallest absolute Gasteiger partial charge is 0.123 e. The number of hydrogen-bond donors (Lipinski definition) is 0. The molecule has 0 fully saturated rings. The van der Waals surface area contributed by atoms with Crippen molar-refractivity contribution in [3.63, 3.8) is 0 Å². The molecule has 0 aliphatic heterocycles. The molecule has 2 rings (SSSR count). The van der Waals surface area contributed by atoms with Crippen LogP contribution in [0.1, 0.15) is 13.8 Å². The Morgan fingerprint density at radius 3 is 0.958 bits per heavy atom. The molecule has 0 heterocycles. The van der Waals surface area contributed by atoms with Gasteiger partial charge >= 0.3 is 0 Å². The van der Waals surface area contributed by atoms with Crippen LogP contribution in [0, 0.1) is 0 Å². The molecular weight excluding hydrogens is 344 g/mol. The monoisotopic (exact) mass is 368 g/mol. The van der Waals surface area contributed by atoms with Gasteiger partial charge in [-0.15, -0.1) is 0 Å². The maximum Gasteiger partial charge on any atom is 0.123 e. The van der Waals surface area contributed by atoms with E-state index in [1.54, 1.807) is 50.0 Å². The first kappa shape index (κ1) is 20.4. The molecule has 0 amide bonds. The Kier molecular flexibility index (Phi) is 9.34. The highest BCUT2D eigenvalue weighted by Gasteiger charge is 2.06. The van der Waals surface area contributed by atoms with Gasteiger partial charge in [-0.25, -0.2) is 0 Å². The molecule has 0 saturated heterocycles. The minimum atomic E-state index is 0.769. The summed E-state index contributed by atoms with van der Waals surface area (Å²) >= 11 is 0. The molecule has 0 atom stereocenters. The minimum Gasteiger partial charge on any atom is -0.497 e. The molecule has 24 heavy (non-hydrogen) atoms. The predicted molar refractivity (Wildman–Crippen MR) is 102 cm³/mol. The van der Waals surface area contributed by atoms with Gasteiger partial charge in [-0.3, -0.25) is 0 Å². The normalized spacial score (nSPS) is 9.58. The first-order valence-electron chi connectivity index (χ1n) is 7.49. The van der Waals surface area contributed by atoms with Crippen molar-refractivity contribution in [3.8, 4) is 23.0 Å². The highest BCUT2D eigenvalue weighted by molar-refractivity contribution is 8.76. The second-order valence-corrected chi connectivity index (χ2v) is 6.54. The van der Waals surface area contributed by atoms with Gasteiger partial charge in [0.1, 0.15) is 23.0 Å². The average Bonchev–Trinajstić information content (AvgIpc) is 2.67. The lowest BCUT2D eigenvalue weighted by molar-refractivity contribution is 0.392. The molecule has 0 unspecified atom stereocenters. The molecule has 2 aromatic rings. The molecular formula is C18H24O4S2. The zero-order chi connectivity index (χ0) is 17.9. The summed E-state index contributed by atoms with van der Waals surface area (Å²) in [5.41, 5.74) is 0. The fourth-order valence-electron chi connectivity index (χ4n) is 1.76. The Labute approximate surface area is 152 Å². The maximum atomic E-state index is 5.28. The van der Waals surface area contributed by atoms with Crippen molar-refractivity contribution < 1.29 is 18.9 Å². The van der Waals surface area contributed by atoms with Crippen molar-refractivity contribution in [2.75, 3.05) is 28.4 Å². The molecule has 4 nitrogen and oxygen atoms in total. The lowest BCUT2D eigenvalue weighted by Crippen LogP contribution is -1.88. The quantitative estimate of drug-likeness (QED) is 0.597. The Bertz CT molecular complexity index is 532. The molecule has 0 spiro atoms. The summed E-state index contributed by atoms with van der Waals surface area (Å²) in [6.07, 6.45) is 0. The molecule has 6 heteroatoms. The SMILES string of the molecule is CC.COc1cc(OC)cc(SSc2cc(OC)cc(OC)c2)c1. The first-order chi connectivity index (χ1) is 11.7. The van der Waals surface area contributed by atoms with E-state index in [0.717, 1.165) is 32.8 Å². The van der Waals surface area contributed by atoms with Gasteiger partial charge in [-0.05, 0) is 24.3 Å². The zero-order valence-electron chi connectivity index (χ0n) is 14.9. The number of hydrogen-bond acceptors (Lipinski definition) is 6. The molecule has 2 aromatic carbocycles. The number of rotatable bonds is 7. The number of methoxy groups -OCH3 is 4. The van der Waals surface area contributed by atoms with Crippen molar-refractivity contribution in [1.82, 2.24) is 0 Å². The Hall–Kier alpha value is -1.66. The maximum absolute atomic E-state index is 5.28. The second-order valence-electron chi connectivity index (χ2n) is 4.26. The van der Waals surface area contributed by atoms with Gasteiger partial charge in [0, 0.05) is 21.9 Å². The van der Waals surface area contributed by atoms with Crippen molar-refractivity contribution in [1.29, 1.82) is 0 Å². The van der Waals surface area contributed by atoms with Crippen LogP contribution in [0.15, 0.2) is 46.2 Å². The zero-order valence-corrected chi connectivity index (χ0v) is 16.5. The van der Waals surface area contributed by atoms with E-state index in [2.05, 4.69) is 0 Å². The van der Waals surface area contributed by atoms with Gasteiger partial charge in [0.15, 0.2) is 0 Å². The van der Waals surface area contributed by atoms with E-state index in [1.807, 2.05) is 50.2 Å². The van der Waals surface area contributed by atoms with Crippen LogP contribution in [0.4, 0.5) is 0 Å². The third kappa shape index (κ3) is 6.09. The minimum absolute atomic E-state index is 0.769. The van der Waals surface area contributed by atoms with Crippen LogP contribution in [0.2, 0.25) is 0 Å². The lowest BCUT2D eigenvalue weighted by atomic mass is 10.3. The first-order valence-corrected chi connectivity index (χ1v) is 9.64. The van der Waals surface area contributed by atoms with Crippen molar-refractivity contribution >= 4 is 21.6 Å². The molecule has 132 valence electrons. The lowest BCUT2D eigenvalue weighted by Gasteiger charge is -2.09. The molecule has 0 aromatic heterocycles. The predicted octanol–water partition coefficient (Wildman–Crippen LogP) is 5.55. The average molecular weight is 369 g/mol. The Morgan fingerprint density at radius 1 is 0.500 bits per heavy atom. The summed E-state index contributed by atoms with van der Waals surface area (Å²) < 4.78 is 21.1. The summed E-state index contributed by atoms with van der Waals surface area (Å²) in [4.78, 5) is 2.09. The summed E-state index contributed by atoms with van der Waals surface area (Å²) in [6.45, 7) is 4.00. The van der Waals surface area contributed by atoms with Crippen LogP contribution in [-0.4, -0.2) is 28.4 Å². The van der Waals surface area contributed by atoms with E-state index in [1.165, 1.54) is 0 Å². The van der Waals surface area contributed by atoms with E-state index in [9.17, 15) is 0 Å². The second kappa shape index (κ2) is 11.0. The van der Waals surface area contributed by atoms with Crippen LogP contribution < -0.4 is 18.9 Å². The van der Waals surface area contributed by atoms with Gasteiger partial charge in [0.05, 0.1) is 28.4 Å². The molecule has 0 radical (unpaired) electrons.